The summed E-state index contributed by atoms with van der Waals surface area (Å²) in [7, 11) is 0. The minimum Gasteiger partial charge on any atom is -0.492 e. The number of hydrogen-bond acceptors (Lipinski definition) is 4. The number of fused-ring (bicyclic) bond motifs is 1. The number of nitrogens with one attached hydrogen (secondary N) is 1. The monoisotopic (exact) mass is 292 g/mol. The lowest BCUT2D eigenvalue weighted by Gasteiger charge is -2.33. The Labute approximate surface area is 125 Å². The van der Waals surface area contributed by atoms with Crippen molar-refractivity contribution in [3.05, 3.63) is 29.8 Å². The van der Waals surface area contributed by atoms with Crippen LogP contribution in [0.1, 0.15) is 26.3 Å². The SMILES string of the molecule is CC(C)NC(C)(CN1CCOc2ccccc2C1)C(=O)O. The van der Waals surface area contributed by atoms with E-state index in [1.165, 1.54) is 0 Å². The molecule has 0 bridgehead atoms. The predicted octanol–water partition coefficient (Wildman–Crippen LogP) is 1.72. The molecule has 21 heavy (non-hydrogen) atoms. The molecule has 2 N–H and O–H groups in total. The lowest BCUT2D eigenvalue weighted by Crippen LogP contribution is -2.59. The molecule has 1 aliphatic rings. The molecule has 0 fully saturated rings. The van der Waals surface area contributed by atoms with Crippen molar-refractivity contribution in [1.82, 2.24) is 10.2 Å². The molecule has 1 aromatic carbocycles. The van der Waals surface area contributed by atoms with Crippen molar-refractivity contribution < 1.29 is 14.6 Å². The van der Waals surface area contributed by atoms with Gasteiger partial charge in [-0.05, 0) is 26.8 Å². The first kappa shape index (κ1) is 15.8. The van der Waals surface area contributed by atoms with Crippen molar-refractivity contribution >= 4 is 5.97 Å². The van der Waals surface area contributed by atoms with Gasteiger partial charge in [-0.25, -0.2) is 0 Å². The maximum Gasteiger partial charge on any atom is 0.324 e. The number of rotatable bonds is 5. The molecule has 0 amide bonds. The highest BCUT2D eigenvalue weighted by molar-refractivity contribution is 5.78. The summed E-state index contributed by atoms with van der Waals surface area (Å²) in [6, 6.07) is 8.04. The highest BCUT2D eigenvalue weighted by atomic mass is 16.5. The summed E-state index contributed by atoms with van der Waals surface area (Å²) in [5, 5.41) is 12.7. The summed E-state index contributed by atoms with van der Waals surface area (Å²) < 4.78 is 5.73. The third-order valence-corrected chi connectivity index (χ3v) is 3.65. The number of ether oxygens (including phenoxy) is 1. The molecule has 2 rings (SSSR count). The molecule has 1 aliphatic heterocycles. The first-order valence-electron chi connectivity index (χ1n) is 7.35. The molecule has 0 saturated heterocycles. The van der Waals surface area contributed by atoms with E-state index in [1.807, 2.05) is 38.1 Å². The zero-order chi connectivity index (χ0) is 15.5. The minimum atomic E-state index is -0.965. The molecule has 0 radical (unpaired) electrons. The first-order valence-corrected chi connectivity index (χ1v) is 7.35. The molecule has 116 valence electrons. The van der Waals surface area contributed by atoms with Crippen molar-refractivity contribution in [2.75, 3.05) is 19.7 Å². The smallest absolute Gasteiger partial charge is 0.324 e. The highest BCUT2D eigenvalue weighted by Crippen LogP contribution is 2.23. The van der Waals surface area contributed by atoms with Gasteiger partial charge in [0, 0.05) is 31.2 Å². The summed E-state index contributed by atoms with van der Waals surface area (Å²) in [5.41, 5.74) is 0.139. The second-order valence-electron chi connectivity index (χ2n) is 6.10. The number of carbonyl (C=O) groups is 1. The topological polar surface area (TPSA) is 61.8 Å². The predicted molar refractivity (Wildman–Crippen MR) is 81.5 cm³/mol. The number of para-hydroxylation sites is 1. The number of nitrogens with zero attached hydrogens (tertiary/aromatic N) is 1. The Morgan fingerprint density at radius 1 is 1.48 bits per heavy atom. The molecule has 1 unspecified atom stereocenters. The van der Waals surface area contributed by atoms with Crippen LogP contribution in [-0.2, 0) is 11.3 Å². The summed E-state index contributed by atoms with van der Waals surface area (Å²) >= 11 is 0. The van der Waals surface area contributed by atoms with E-state index in [-0.39, 0.29) is 6.04 Å². The van der Waals surface area contributed by atoms with E-state index in [4.69, 9.17) is 4.74 Å². The number of carboxylic acid groups (broad SMARTS) is 1. The Balaban J connectivity index is 2.13. The second-order valence-corrected chi connectivity index (χ2v) is 6.10. The second kappa shape index (κ2) is 6.45. The normalized spacial score (nSPS) is 18.5. The van der Waals surface area contributed by atoms with E-state index in [2.05, 4.69) is 10.2 Å². The summed E-state index contributed by atoms with van der Waals surface area (Å²) in [6.07, 6.45) is 0. The Hall–Kier alpha value is -1.59. The summed E-state index contributed by atoms with van der Waals surface area (Å²) in [5.74, 6) is 0.0727. The van der Waals surface area contributed by atoms with Gasteiger partial charge < -0.3 is 9.84 Å². The quantitative estimate of drug-likeness (QED) is 0.865. The molecular formula is C16H24N2O3. The third kappa shape index (κ3) is 3.95. The standard InChI is InChI=1S/C16H24N2O3/c1-12(2)17-16(3,15(19)20)11-18-8-9-21-14-7-5-4-6-13(14)10-18/h4-7,12,17H,8-11H2,1-3H3,(H,19,20). The summed E-state index contributed by atoms with van der Waals surface area (Å²) in [4.78, 5) is 13.8. The molecular weight excluding hydrogens is 268 g/mol. The van der Waals surface area contributed by atoms with Gasteiger partial charge in [-0.1, -0.05) is 18.2 Å². The number of hydrogen-bond donors (Lipinski definition) is 2. The van der Waals surface area contributed by atoms with E-state index in [9.17, 15) is 9.90 Å². The van der Waals surface area contributed by atoms with Gasteiger partial charge >= 0.3 is 5.97 Å². The van der Waals surface area contributed by atoms with Crippen LogP contribution in [0.2, 0.25) is 0 Å². The third-order valence-electron chi connectivity index (χ3n) is 3.65. The van der Waals surface area contributed by atoms with Gasteiger partial charge in [0.15, 0.2) is 0 Å². The number of benzene rings is 1. The van der Waals surface area contributed by atoms with Gasteiger partial charge in [-0.15, -0.1) is 0 Å². The van der Waals surface area contributed by atoms with Crippen LogP contribution < -0.4 is 10.1 Å². The molecule has 0 aliphatic carbocycles. The maximum atomic E-state index is 11.6. The average Bonchev–Trinajstić information content (AvgIpc) is 2.58. The van der Waals surface area contributed by atoms with Crippen molar-refractivity contribution in [1.29, 1.82) is 0 Å². The van der Waals surface area contributed by atoms with E-state index < -0.39 is 11.5 Å². The van der Waals surface area contributed by atoms with Crippen molar-refractivity contribution in [2.24, 2.45) is 0 Å². The molecule has 1 atom stereocenters. The Kier molecular flexibility index (Phi) is 4.85. The zero-order valence-electron chi connectivity index (χ0n) is 12.9. The van der Waals surface area contributed by atoms with Gasteiger partial charge in [-0.3, -0.25) is 15.0 Å². The Morgan fingerprint density at radius 2 is 2.19 bits per heavy atom. The van der Waals surface area contributed by atoms with E-state index in [0.29, 0.717) is 19.7 Å². The van der Waals surface area contributed by atoms with Crippen LogP contribution in [0.15, 0.2) is 24.3 Å². The largest absolute Gasteiger partial charge is 0.492 e. The van der Waals surface area contributed by atoms with Gasteiger partial charge in [0.25, 0.3) is 0 Å². The first-order chi connectivity index (χ1) is 9.90. The van der Waals surface area contributed by atoms with Crippen LogP contribution >= 0.6 is 0 Å². The fraction of sp³-hybridized carbons (Fsp3) is 0.562. The van der Waals surface area contributed by atoms with Crippen molar-refractivity contribution in [3.63, 3.8) is 0 Å². The van der Waals surface area contributed by atoms with Crippen molar-refractivity contribution in [3.8, 4) is 5.75 Å². The molecule has 5 heteroatoms. The van der Waals surface area contributed by atoms with Crippen LogP contribution in [0, 0.1) is 0 Å². The van der Waals surface area contributed by atoms with Crippen LogP contribution in [-0.4, -0.2) is 47.3 Å². The molecule has 1 aromatic rings. The highest BCUT2D eigenvalue weighted by Gasteiger charge is 2.36. The lowest BCUT2D eigenvalue weighted by molar-refractivity contribution is -0.145. The average molecular weight is 292 g/mol. The van der Waals surface area contributed by atoms with E-state index in [1.54, 1.807) is 6.92 Å². The summed E-state index contributed by atoms with van der Waals surface area (Å²) in [6.45, 7) is 8.11. The molecule has 5 nitrogen and oxygen atoms in total. The molecule has 1 heterocycles. The molecule has 0 spiro atoms. The minimum absolute atomic E-state index is 0.113. The number of carboxylic acids is 1. The van der Waals surface area contributed by atoms with Gasteiger partial charge in [0.2, 0.25) is 0 Å². The van der Waals surface area contributed by atoms with Crippen LogP contribution in [0.5, 0.6) is 5.75 Å². The van der Waals surface area contributed by atoms with Gasteiger partial charge in [0.05, 0.1) is 0 Å². The van der Waals surface area contributed by atoms with E-state index >= 15 is 0 Å². The molecule has 0 saturated carbocycles. The van der Waals surface area contributed by atoms with Crippen LogP contribution in [0.25, 0.3) is 0 Å². The fourth-order valence-corrected chi connectivity index (χ4v) is 2.77. The van der Waals surface area contributed by atoms with Gasteiger partial charge in [-0.2, -0.15) is 0 Å². The van der Waals surface area contributed by atoms with Crippen LogP contribution in [0.3, 0.4) is 0 Å². The zero-order valence-corrected chi connectivity index (χ0v) is 12.9. The van der Waals surface area contributed by atoms with Gasteiger partial charge in [0.1, 0.15) is 17.9 Å². The van der Waals surface area contributed by atoms with Crippen molar-refractivity contribution in [2.45, 2.75) is 38.9 Å². The Morgan fingerprint density at radius 3 is 2.86 bits per heavy atom. The maximum absolute atomic E-state index is 11.6. The van der Waals surface area contributed by atoms with E-state index in [0.717, 1.165) is 17.9 Å². The fourth-order valence-electron chi connectivity index (χ4n) is 2.77. The lowest BCUT2D eigenvalue weighted by atomic mass is 10.00. The van der Waals surface area contributed by atoms with Crippen LogP contribution in [0.4, 0.5) is 0 Å². The molecule has 0 aromatic heterocycles. The number of aliphatic carboxylic acids is 1. The Bertz CT molecular complexity index is 504.